The molecule has 3 aromatic rings. The van der Waals surface area contributed by atoms with Gasteiger partial charge in [-0.15, -0.1) is 0 Å². The van der Waals surface area contributed by atoms with Gasteiger partial charge in [-0.05, 0) is 32.0 Å². The smallest absolute Gasteiger partial charge is 0.422 e. The van der Waals surface area contributed by atoms with E-state index in [9.17, 15) is 22.4 Å². The SMILES string of the molecule is Cc1onc(-c2ccccc2)c1C(=O)NCCCN1CCN(c2ccc(F)cc2OCC(F)(F)F)CC1. The van der Waals surface area contributed by atoms with Crippen molar-refractivity contribution in [1.82, 2.24) is 15.4 Å². The molecule has 7 nitrogen and oxygen atoms in total. The van der Waals surface area contributed by atoms with Gasteiger partial charge in [0.1, 0.15) is 28.6 Å². The molecule has 0 radical (unpaired) electrons. The summed E-state index contributed by atoms with van der Waals surface area (Å²) in [6, 6.07) is 13.0. The minimum atomic E-state index is -4.51. The molecule has 0 saturated carbocycles. The lowest BCUT2D eigenvalue weighted by Gasteiger charge is -2.36. The van der Waals surface area contributed by atoms with Gasteiger partial charge in [-0.1, -0.05) is 35.5 Å². The van der Waals surface area contributed by atoms with Gasteiger partial charge in [-0.3, -0.25) is 9.69 Å². The second kappa shape index (κ2) is 11.6. The second-order valence-electron chi connectivity index (χ2n) is 8.78. The fourth-order valence-corrected chi connectivity index (χ4v) is 4.26. The van der Waals surface area contributed by atoms with Crippen LogP contribution in [0.3, 0.4) is 0 Å². The fraction of sp³-hybridized carbons (Fsp3) is 0.385. The third-order valence-electron chi connectivity index (χ3n) is 6.10. The molecule has 11 heteroatoms. The Morgan fingerprint density at radius 3 is 2.54 bits per heavy atom. The van der Waals surface area contributed by atoms with Gasteiger partial charge in [0.2, 0.25) is 0 Å². The van der Waals surface area contributed by atoms with Crippen molar-refractivity contribution in [2.75, 3.05) is 50.8 Å². The van der Waals surface area contributed by atoms with Crippen LogP contribution in [0, 0.1) is 12.7 Å². The summed E-state index contributed by atoms with van der Waals surface area (Å²) in [6.45, 7) is 3.89. The molecule has 1 aliphatic heterocycles. The number of hydrogen-bond donors (Lipinski definition) is 1. The second-order valence-corrected chi connectivity index (χ2v) is 8.78. The van der Waals surface area contributed by atoms with Crippen LogP contribution in [-0.2, 0) is 0 Å². The summed E-state index contributed by atoms with van der Waals surface area (Å²) in [4.78, 5) is 16.9. The molecule has 2 aromatic carbocycles. The number of halogens is 4. The Bertz CT molecular complexity index is 1190. The highest BCUT2D eigenvalue weighted by molar-refractivity contribution is 6.00. The van der Waals surface area contributed by atoms with E-state index < -0.39 is 18.6 Å². The van der Waals surface area contributed by atoms with Gasteiger partial charge in [0.05, 0.1) is 5.69 Å². The number of piperazine rings is 1. The van der Waals surface area contributed by atoms with Gasteiger partial charge >= 0.3 is 6.18 Å². The highest BCUT2D eigenvalue weighted by Gasteiger charge is 2.30. The topological polar surface area (TPSA) is 70.8 Å². The third kappa shape index (κ3) is 7.00. The summed E-state index contributed by atoms with van der Waals surface area (Å²) < 4.78 is 61.5. The molecule has 0 unspecified atom stereocenters. The number of ether oxygens (including phenoxy) is 1. The summed E-state index contributed by atoms with van der Waals surface area (Å²) in [5.74, 6) is -0.566. The van der Waals surface area contributed by atoms with Crippen molar-refractivity contribution in [2.45, 2.75) is 19.5 Å². The number of aromatic nitrogens is 1. The van der Waals surface area contributed by atoms with Crippen molar-refractivity contribution in [3.8, 4) is 17.0 Å². The Balaban J connectivity index is 1.25. The number of nitrogens with zero attached hydrogens (tertiary/aromatic N) is 3. The van der Waals surface area contributed by atoms with E-state index >= 15 is 0 Å². The number of alkyl halides is 3. The fourth-order valence-electron chi connectivity index (χ4n) is 4.26. The van der Waals surface area contributed by atoms with Crippen LogP contribution in [0.1, 0.15) is 22.5 Å². The lowest BCUT2D eigenvalue weighted by molar-refractivity contribution is -0.153. The lowest BCUT2D eigenvalue weighted by atomic mass is 10.1. The van der Waals surface area contributed by atoms with E-state index in [2.05, 4.69) is 15.4 Å². The highest BCUT2D eigenvalue weighted by Crippen LogP contribution is 2.31. The monoisotopic (exact) mass is 520 g/mol. The number of benzene rings is 2. The van der Waals surface area contributed by atoms with Crippen LogP contribution in [0.4, 0.5) is 23.2 Å². The zero-order chi connectivity index (χ0) is 26.4. The predicted octanol–water partition coefficient (Wildman–Crippen LogP) is 4.67. The summed E-state index contributed by atoms with van der Waals surface area (Å²) in [6.07, 6.45) is -3.79. The molecule has 1 aromatic heterocycles. The first-order valence-electron chi connectivity index (χ1n) is 12.0. The van der Waals surface area contributed by atoms with E-state index in [0.717, 1.165) is 18.2 Å². The lowest BCUT2D eigenvalue weighted by Crippen LogP contribution is -2.47. The number of hydrogen-bond acceptors (Lipinski definition) is 6. The first-order valence-corrected chi connectivity index (χ1v) is 12.0. The number of rotatable bonds is 9. The minimum Gasteiger partial charge on any atom is -0.482 e. The summed E-state index contributed by atoms with van der Waals surface area (Å²) in [5.41, 5.74) is 2.17. The van der Waals surface area contributed by atoms with Crippen molar-refractivity contribution in [3.63, 3.8) is 0 Å². The molecule has 1 N–H and O–H groups in total. The van der Waals surface area contributed by atoms with E-state index in [1.807, 2.05) is 35.2 Å². The molecule has 0 spiro atoms. The molecular weight excluding hydrogens is 492 g/mol. The number of anilines is 1. The van der Waals surface area contributed by atoms with Crippen molar-refractivity contribution in [3.05, 3.63) is 65.7 Å². The summed E-state index contributed by atoms with van der Waals surface area (Å²) in [7, 11) is 0. The molecule has 4 rings (SSSR count). The standard InChI is InChI=1S/C26H28F4N4O3/c1-18-23(24(32-37-18)19-6-3-2-4-7-19)25(35)31-10-5-11-33-12-14-34(15-13-33)21-9-8-20(27)16-22(21)36-17-26(28,29)30/h2-4,6-9,16H,5,10-15,17H2,1H3,(H,31,35). The Kier molecular flexibility index (Phi) is 8.32. The maximum absolute atomic E-state index is 13.6. The predicted molar refractivity (Wildman–Crippen MR) is 130 cm³/mol. The molecular formula is C26H28F4N4O3. The molecule has 1 amide bonds. The van der Waals surface area contributed by atoms with Crippen LogP contribution in [0.15, 0.2) is 53.1 Å². The van der Waals surface area contributed by atoms with Gasteiger partial charge in [0.25, 0.3) is 5.91 Å². The van der Waals surface area contributed by atoms with Crippen LogP contribution >= 0.6 is 0 Å². The van der Waals surface area contributed by atoms with Crippen LogP contribution in [0.25, 0.3) is 11.3 Å². The number of nitrogens with one attached hydrogen (secondary N) is 1. The van der Waals surface area contributed by atoms with Crippen LogP contribution in [0.2, 0.25) is 0 Å². The third-order valence-corrected chi connectivity index (χ3v) is 6.10. The number of amides is 1. The molecule has 0 aliphatic carbocycles. The maximum atomic E-state index is 13.6. The molecule has 198 valence electrons. The quantitative estimate of drug-likeness (QED) is 0.327. The Labute approximate surface area is 212 Å². The first kappa shape index (κ1) is 26.5. The Morgan fingerprint density at radius 2 is 1.84 bits per heavy atom. The Hall–Kier alpha value is -3.60. The van der Waals surface area contributed by atoms with E-state index in [-0.39, 0.29) is 11.7 Å². The van der Waals surface area contributed by atoms with Crippen LogP contribution in [-0.4, -0.2) is 68.0 Å². The molecule has 0 atom stereocenters. The largest absolute Gasteiger partial charge is 0.482 e. The minimum absolute atomic E-state index is 0.118. The maximum Gasteiger partial charge on any atom is 0.422 e. The van der Waals surface area contributed by atoms with Crippen molar-refractivity contribution >= 4 is 11.6 Å². The molecule has 1 aliphatic rings. The summed E-state index contributed by atoms with van der Waals surface area (Å²) in [5, 5.41) is 6.97. The average molecular weight is 521 g/mol. The van der Waals surface area contributed by atoms with Crippen molar-refractivity contribution in [2.24, 2.45) is 0 Å². The number of carbonyl (C=O) groups excluding carboxylic acids is 1. The van der Waals surface area contributed by atoms with E-state index in [1.54, 1.807) is 6.92 Å². The zero-order valence-corrected chi connectivity index (χ0v) is 20.4. The zero-order valence-electron chi connectivity index (χ0n) is 20.4. The Morgan fingerprint density at radius 1 is 1.11 bits per heavy atom. The average Bonchev–Trinajstić information content (AvgIpc) is 3.27. The molecule has 1 fully saturated rings. The highest BCUT2D eigenvalue weighted by atomic mass is 19.4. The van der Waals surface area contributed by atoms with Gasteiger partial charge in [-0.25, -0.2) is 4.39 Å². The van der Waals surface area contributed by atoms with E-state index in [4.69, 9.17) is 9.26 Å². The molecule has 1 saturated heterocycles. The van der Waals surface area contributed by atoms with E-state index in [0.29, 0.717) is 61.8 Å². The molecule has 37 heavy (non-hydrogen) atoms. The van der Waals surface area contributed by atoms with E-state index in [1.165, 1.54) is 12.1 Å². The van der Waals surface area contributed by atoms with Gasteiger partial charge in [0, 0.05) is 44.4 Å². The normalized spacial score (nSPS) is 14.6. The summed E-state index contributed by atoms with van der Waals surface area (Å²) >= 11 is 0. The van der Waals surface area contributed by atoms with Gasteiger partial charge < -0.3 is 19.5 Å². The molecule has 2 heterocycles. The van der Waals surface area contributed by atoms with Gasteiger partial charge in [0.15, 0.2) is 6.61 Å². The van der Waals surface area contributed by atoms with Crippen LogP contribution in [0.5, 0.6) is 5.75 Å². The molecule has 0 bridgehead atoms. The van der Waals surface area contributed by atoms with Crippen LogP contribution < -0.4 is 15.0 Å². The van der Waals surface area contributed by atoms with Crippen molar-refractivity contribution < 1.29 is 31.6 Å². The van der Waals surface area contributed by atoms with Crippen molar-refractivity contribution in [1.29, 1.82) is 0 Å². The number of carbonyl (C=O) groups is 1. The van der Waals surface area contributed by atoms with Gasteiger partial charge in [-0.2, -0.15) is 13.2 Å². The first-order chi connectivity index (χ1) is 17.7. The number of aryl methyl sites for hydroxylation is 1.